The Balaban J connectivity index is 1.71. The lowest BCUT2D eigenvalue weighted by atomic mass is 10.3. The summed E-state index contributed by atoms with van der Waals surface area (Å²) in [6.07, 6.45) is 0. The fourth-order valence-electron chi connectivity index (χ4n) is 2.04. The highest BCUT2D eigenvalue weighted by Gasteiger charge is 2.18. The Kier molecular flexibility index (Phi) is 7.76. The van der Waals surface area contributed by atoms with E-state index in [4.69, 9.17) is 21.1 Å². The Labute approximate surface area is 165 Å². The third-order valence-corrected chi connectivity index (χ3v) is 3.68. The normalized spacial score (nSPS) is 11.2. The predicted octanol–water partition coefficient (Wildman–Crippen LogP) is 2.54. The molecule has 28 heavy (non-hydrogen) atoms. The molecule has 0 heterocycles. The van der Waals surface area contributed by atoms with Gasteiger partial charge in [0.1, 0.15) is 17.6 Å². The number of benzene rings is 2. The number of carbonyl (C=O) groups is 3. The second kappa shape index (κ2) is 10.3. The van der Waals surface area contributed by atoms with E-state index in [9.17, 15) is 18.8 Å². The lowest BCUT2D eigenvalue weighted by molar-refractivity contribution is -0.150. The molecule has 0 bridgehead atoms. The molecule has 2 N–H and O–H groups in total. The number of amides is 2. The summed E-state index contributed by atoms with van der Waals surface area (Å²) >= 11 is 5.62. The first-order valence-corrected chi connectivity index (χ1v) is 8.61. The predicted molar refractivity (Wildman–Crippen MR) is 101 cm³/mol. The quantitative estimate of drug-likeness (QED) is 0.655. The van der Waals surface area contributed by atoms with Gasteiger partial charge in [-0.3, -0.25) is 9.59 Å². The van der Waals surface area contributed by atoms with Crippen molar-refractivity contribution >= 4 is 35.1 Å². The van der Waals surface area contributed by atoms with E-state index in [1.807, 2.05) is 6.07 Å². The van der Waals surface area contributed by atoms with Gasteiger partial charge in [0, 0.05) is 5.69 Å². The van der Waals surface area contributed by atoms with Gasteiger partial charge in [-0.05, 0) is 37.3 Å². The van der Waals surface area contributed by atoms with Crippen molar-refractivity contribution in [2.45, 2.75) is 13.0 Å². The van der Waals surface area contributed by atoms with Crippen molar-refractivity contribution < 1.29 is 28.2 Å². The van der Waals surface area contributed by atoms with E-state index in [1.165, 1.54) is 19.1 Å². The van der Waals surface area contributed by atoms with Crippen LogP contribution in [-0.4, -0.2) is 37.0 Å². The number of anilines is 1. The van der Waals surface area contributed by atoms with Crippen molar-refractivity contribution in [3.8, 4) is 5.75 Å². The fraction of sp³-hybridized carbons (Fsp3) is 0.211. The van der Waals surface area contributed by atoms with Crippen LogP contribution in [-0.2, 0) is 19.1 Å². The molecule has 0 fully saturated rings. The Morgan fingerprint density at radius 3 is 2.46 bits per heavy atom. The molecule has 9 heteroatoms. The van der Waals surface area contributed by atoms with Crippen molar-refractivity contribution in [3.63, 3.8) is 0 Å². The van der Waals surface area contributed by atoms with Gasteiger partial charge >= 0.3 is 5.97 Å². The molecule has 2 amide bonds. The average molecular weight is 409 g/mol. The summed E-state index contributed by atoms with van der Waals surface area (Å²) in [6.45, 7) is 0.572. The van der Waals surface area contributed by atoms with Crippen LogP contribution in [0.25, 0.3) is 0 Å². The lowest BCUT2D eigenvalue weighted by Gasteiger charge is -2.14. The molecule has 7 nitrogen and oxygen atoms in total. The molecule has 0 aromatic heterocycles. The van der Waals surface area contributed by atoms with E-state index in [0.717, 1.165) is 6.07 Å². The third kappa shape index (κ3) is 6.88. The maximum absolute atomic E-state index is 13.1. The Bertz CT molecular complexity index is 847. The van der Waals surface area contributed by atoms with Gasteiger partial charge in [0.2, 0.25) is 0 Å². The van der Waals surface area contributed by atoms with Crippen molar-refractivity contribution in [3.05, 3.63) is 59.4 Å². The number of esters is 1. The number of rotatable bonds is 8. The van der Waals surface area contributed by atoms with Crippen LogP contribution in [0, 0.1) is 5.82 Å². The molecule has 0 saturated heterocycles. The summed E-state index contributed by atoms with van der Waals surface area (Å²) < 4.78 is 23.2. The molecule has 2 aromatic carbocycles. The first kappa shape index (κ1) is 21.2. The van der Waals surface area contributed by atoms with Crippen LogP contribution in [0.4, 0.5) is 10.1 Å². The maximum atomic E-state index is 13.1. The van der Waals surface area contributed by atoms with Crippen molar-refractivity contribution in [1.82, 2.24) is 5.32 Å². The summed E-state index contributed by atoms with van der Waals surface area (Å²) in [7, 11) is 0. The van der Waals surface area contributed by atoms with Gasteiger partial charge in [-0.25, -0.2) is 9.18 Å². The van der Waals surface area contributed by atoms with Gasteiger partial charge in [0.05, 0.1) is 5.02 Å². The first-order chi connectivity index (χ1) is 13.3. The number of nitrogens with one attached hydrogen (secondary N) is 2. The molecular weight excluding hydrogens is 391 g/mol. The molecule has 0 aliphatic heterocycles. The maximum Gasteiger partial charge on any atom is 0.328 e. The van der Waals surface area contributed by atoms with Crippen LogP contribution in [0.1, 0.15) is 6.92 Å². The van der Waals surface area contributed by atoms with E-state index in [2.05, 4.69) is 10.6 Å². The van der Waals surface area contributed by atoms with Gasteiger partial charge in [-0.15, -0.1) is 0 Å². The molecule has 148 valence electrons. The molecule has 0 aliphatic rings. The van der Waals surface area contributed by atoms with E-state index < -0.39 is 36.2 Å². The number of carbonyl (C=O) groups excluding carboxylic acids is 3. The van der Waals surface area contributed by atoms with Gasteiger partial charge in [-0.2, -0.15) is 0 Å². The highest BCUT2D eigenvalue weighted by Crippen LogP contribution is 2.19. The highest BCUT2D eigenvalue weighted by atomic mass is 35.5. The van der Waals surface area contributed by atoms with Gasteiger partial charge < -0.3 is 20.1 Å². The van der Waals surface area contributed by atoms with Crippen molar-refractivity contribution in [2.75, 3.05) is 18.5 Å². The topological polar surface area (TPSA) is 93.7 Å². The molecule has 2 aromatic rings. The summed E-state index contributed by atoms with van der Waals surface area (Å²) in [4.78, 5) is 35.5. The summed E-state index contributed by atoms with van der Waals surface area (Å²) in [5.41, 5.74) is 0.256. The van der Waals surface area contributed by atoms with Crippen LogP contribution >= 0.6 is 11.6 Å². The number of halogens is 2. The molecule has 2 rings (SSSR count). The van der Waals surface area contributed by atoms with Gasteiger partial charge in [-0.1, -0.05) is 29.8 Å². The van der Waals surface area contributed by atoms with Crippen molar-refractivity contribution in [1.29, 1.82) is 0 Å². The molecule has 0 saturated carbocycles. The third-order valence-electron chi connectivity index (χ3n) is 3.39. The van der Waals surface area contributed by atoms with E-state index in [0.29, 0.717) is 5.75 Å². The second-order valence-corrected chi connectivity index (χ2v) is 6.08. The minimum atomic E-state index is -0.972. The molecular formula is C19H18ClFN2O5. The molecule has 0 spiro atoms. The summed E-state index contributed by atoms with van der Waals surface area (Å²) in [5, 5.41) is 4.67. The smallest absolute Gasteiger partial charge is 0.328 e. The fourth-order valence-corrected chi connectivity index (χ4v) is 2.22. The van der Waals surface area contributed by atoms with Crippen molar-refractivity contribution in [2.24, 2.45) is 0 Å². The summed E-state index contributed by atoms with van der Waals surface area (Å²) in [5.74, 6) is -2.04. The molecule has 1 atom stereocenters. The van der Waals surface area contributed by atoms with Crippen LogP contribution in [0.3, 0.4) is 0 Å². The average Bonchev–Trinajstić information content (AvgIpc) is 2.68. The van der Waals surface area contributed by atoms with Crippen LogP contribution in [0.15, 0.2) is 48.5 Å². The Morgan fingerprint density at radius 1 is 1.07 bits per heavy atom. The number of hydrogen-bond donors (Lipinski definition) is 2. The van der Waals surface area contributed by atoms with Crippen LogP contribution in [0.2, 0.25) is 5.02 Å². The van der Waals surface area contributed by atoms with E-state index >= 15 is 0 Å². The zero-order valence-corrected chi connectivity index (χ0v) is 15.7. The standard InChI is InChI=1S/C19H18ClFN2O5/c1-12(22-17(24)10-27-14-5-3-2-4-6-14)19(26)28-11-18(25)23-13-7-8-16(21)15(20)9-13/h2-9,12H,10-11H2,1H3,(H,22,24)(H,23,25)/t12-/m0/s1. The number of ether oxygens (including phenoxy) is 2. The second-order valence-electron chi connectivity index (χ2n) is 5.68. The van der Waals surface area contributed by atoms with E-state index in [-0.39, 0.29) is 17.3 Å². The lowest BCUT2D eigenvalue weighted by Crippen LogP contribution is -2.42. The summed E-state index contributed by atoms with van der Waals surface area (Å²) in [6, 6.07) is 11.4. The molecule has 0 radical (unpaired) electrons. The largest absolute Gasteiger partial charge is 0.484 e. The van der Waals surface area contributed by atoms with Crippen LogP contribution in [0.5, 0.6) is 5.75 Å². The Hall–Kier alpha value is -3.13. The Morgan fingerprint density at radius 2 is 1.79 bits per heavy atom. The van der Waals surface area contributed by atoms with E-state index in [1.54, 1.807) is 24.3 Å². The number of para-hydroxylation sites is 1. The zero-order chi connectivity index (χ0) is 20.5. The minimum Gasteiger partial charge on any atom is -0.484 e. The molecule has 0 aliphatic carbocycles. The van der Waals surface area contributed by atoms with Crippen LogP contribution < -0.4 is 15.4 Å². The molecule has 0 unspecified atom stereocenters. The highest BCUT2D eigenvalue weighted by molar-refractivity contribution is 6.31. The minimum absolute atomic E-state index is 0.149. The SMILES string of the molecule is C[C@H](NC(=O)COc1ccccc1)C(=O)OCC(=O)Nc1ccc(F)c(Cl)c1. The first-order valence-electron chi connectivity index (χ1n) is 8.24. The zero-order valence-electron chi connectivity index (χ0n) is 14.9. The monoisotopic (exact) mass is 408 g/mol. The van der Waals surface area contributed by atoms with Gasteiger partial charge in [0.15, 0.2) is 13.2 Å². The van der Waals surface area contributed by atoms with Gasteiger partial charge in [0.25, 0.3) is 11.8 Å². The number of hydrogen-bond acceptors (Lipinski definition) is 5.